The summed E-state index contributed by atoms with van der Waals surface area (Å²) < 4.78 is 29.7. The van der Waals surface area contributed by atoms with Gasteiger partial charge in [0.1, 0.15) is 5.75 Å². The fourth-order valence-corrected chi connectivity index (χ4v) is 6.74. The molecule has 10 nitrogen and oxygen atoms in total. The van der Waals surface area contributed by atoms with Crippen LogP contribution in [0.1, 0.15) is 37.9 Å². The normalized spacial score (nSPS) is 14.6. The SMILES string of the molecule is CCOC(=O)C1=C(C)N=c2s/c(=C/c3cc(Cl)cc(I)c3OC)c(=O)n2[C@H]1c1ccc(OCC(=O)OC)c(OCC)c1. The Bertz CT molecular complexity index is 1750. The summed E-state index contributed by atoms with van der Waals surface area (Å²) in [6.07, 6.45) is 1.70. The molecule has 0 spiro atoms. The third-order valence-electron chi connectivity index (χ3n) is 6.20. The zero-order chi connectivity index (χ0) is 30.6. The quantitative estimate of drug-likeness (QED) is 0.228. The zero-order valence-corrected chi connectivity index (χ0v) is 27.2. The third-order valence-corrected chi connectivity index (χ3v) is 8.20. The molecule has 0 fully saturated rings. The third kappa shape index (κ3) is 6.50. The first kappa shape index (κ1) is 31.6. The van der Waals surface area contributed by atoms with Gasteiger partial charge in [-0.1, -0.05) is 29.0 Å². The number of allylic oxidation sites excluding steroid dienone is 1. The Labute approximate surface area is 264 Å². The number of esters is 2. The highest BCUT2D eigenvalue weighted by Gasteiger charge is 2.34. The molecule has 0 saturated heterocycles. The van der Waals surface area contributed by atoms with Crippen LogP contribution in [0.3, 0.4) is 0 Å². The second kappa shape index (κ2) is 13.7. The van der Waals surface area contributed by atoms with Crippen molar-refractivity contribution in [2.24, 2.45) is 4.99 Å². The van der Waals surface area contributed by atoms with E-state index in [2.05, 4.69) is 32.3 Å². The van der Waals surface area contributed by atoms with Crippen LogP contribution in [0.5, 0.6) is 17.2 Å². The molecule has 2 heterocycles. The fraction of sp³-hybridized carbons (Fsp3) is 0.310. The van der Waals surface area contributed by atoms with E-state index in [0.29, 0.717) is 55.0 Å². The van der Waals surface area contributed by atoms with Gasteiger partial charge in [0.05, 0.1) is 52.8 Å². The van der Waals surface area contributed by atoms with E-state index >= 15 is 0 Å². The lowest BCUT2D eigenvalue weighted by atomic mass is 9.95. The number of carbonyl (C=O) groups is 2. The number of aromatic nitrogens is 1. The molecule has 1 aromatic heterocycles. The molecule has 0 bridgehead atoms. The highest BCUT2D eigenvalue weighted by Crippen LogP contribution is 2.36. The molecule has 1 aliphatic rings. The van der Waals surface area contributed by atoms with Crippen molar-refractivity contribution in [3.05, 3.63) is 81.0 Å². The molecule has 2 aromatic carbocycles. The first-order chi connectivity index (χ1) is 20.1. The van der Waals surface area contributed by atoms with Crippen molar-refractivity contribution < 1.29 is 33.3 Å². The van der Waals surface area contributed by atoms with E-state index in [-0.39, 0.29) is 24.3 Å². The summed E-state index contributed by atoms with van der Waals surface area (Å²) in [5.41, 5.74) is 1.47. The predicted molar refractivity (Wildman–Crippen MR) is 166 cm³/mol. The van der Waals surface area contributed by atoms with Crippen LogP contribution in [0.25, 0.3) is 6.08 Å². The number of halogens is 2. The maximum absolute atomic E-state index is 14.0. The van der Waals surface area contributed by atoms with E-state index in [9.17, 15) is 14.4 Å². The van der Waals surface area contributed by atoms with Crippen LogP contribution in [0.4, 0.5) is 0 Å². The molecule has 1 atom stereocenters. The molecule has 0 unspecified atom stereocenters. The smallest absolute Gasteiger partial charge is 0.343 e. The fourth-order valence-electron chi connectivity index (χ4n) is 4.43. The van der Waals surface area contributed by atoms with Crippen LogP contribution < -0.4 is 29.1 Å². The highest BCUT2D eigenvalue weighted by atomic mass is 127. The van der Waals surface area contributed by atoms with Gasteiger partial charge in [0.25, 0.3) is 5.56 Å². The first-order valence-electron chi connectivity index (χ1n) is 12.8. The lowest BCUT2D eigenvalue weighted by Gasteiger charge is -2.25. The Morgan fingerprint density at radius 2 is 1.88 bits per heavy atom. The largest absolute Gasteiger partial charge is 0.495 e. The maximum Gasteiger partial charge on any atom is 0.343 e. The summed E-state index contributed by atoms with van der Waals surface area (Å²) >= 11 is 9.61. The van der Waals surface area contributed by atoms with E-state index < -0.39 is 18.0 Å². The summed E-state index contributed by atoms with van der Waals surface area (Å²) in [6.45, 7) is 5.35. The van der Waals surface area contributed by atoms with Gasteiger partial charge in [-0.25, -0.2) is 14.6 Å². The Kier molecular flexibility index (Phi) is 10.3. The molecule has 3 aromatic rings. The minimum Gasteiger partial charge on any atom is -0.495 e. The molecular formula is C29H28ClIN2O8S. The summed E-state index contributed by atoms with van der Waals surface area (Å²) in [7, 11) is 2.82. The number of hydrogen-bond acceptors (Lipinski definition) is 10. The number of hydrogen-bond donors (Lipinski definition) is 0. The second-order valence-electron chi connectivity index (χ2n) is 8.82. The minimum atomic E-state index is -0.877. The molecule has 13 heteroatoms. The van der Waals surface area contributed by atoms with Gasteiger partial charge in [0.2, 0.25) is 0 Å². The number of methoxy groups -OCH3 is 2. The number of ether oxygens (including phenoxy) is 5. The van der Waals surface area contributed by atoms with E-state index in [0.717, 1.165) is 3.57 Å². The van der Waals surface area contributed by atoms with Gasteiger partial charge in [-0.3, -0.25) is 9.36 Å². The van der Waals surface area contributed by atoms with E-state index in [1.54, 1.807) is 64.3 Å². The first-order valence-corrected chi connectivity index (χ1v) is 15.1. The summed E-state index contributed by atoms with van der Waals surface area (Å²) in [5.74, 6) is 0.0715. The molecule has 1 aliphatic heterocycles. The van der Waals surface area contributed by atoms with Crippen LogP contribution in [0.15, 0.2) is 51.4 Å². The highest BCUT2D eigenvalue weighted by molar-refractivity contribution is 14.1. The average Bonchev–Trinajstić information content (AvgIpc) is 3.25. The second-order valence-corrected chi connectivity index (χ2v) is 11.4. The van der Waals surface area contributed by atoms with Crippen molar-refractivity contribution in [2.45, 2.75) is 26.8 Å². The number of carbonyl (C=O) groups excluding carboxylic acids is 2. The molecule has 4 rings (SSSR count). The molecule has 42 heavy (non-hydrogen) atoms. The Morgan fingerprint density at radius 3 is 2.55 bits per heavy atom. The molecule has 0 amide bonds. The number of rotatable bonds is 10. The van der Waals surface area contributed by atoms with Gasteiger partial charge < -0.3 is 23.7 Å². The van der Waals surface area contributed by atoms with E-state index in [1.165, 1.54) is 23.0 Å². The van der Waals surface area contributed by atoms with Crippen molar-refractivity contribution in [2.75, 3.05) is 34.0 Å². The van der Waals surface area contributed by atoms with Gasteiger partial charge in [0.15, 0.2) is 22.9 Å². The van der Waals surface area contributed by atoms with Crippen LogP contribution in [-0.4, -0.2) is 50.5 Å². The summed E-state index contributed by atoms with van der Waals surface area (Å²) in [5, 5.41) is 0.496. The molecule has 0 radical (unpaired) electrons. The average molecular weight is 727 g/mol. The predicted octanol–water partition coefficient (Wildman–Crippen LogP) is 4.02. The van der Waals surface area contributed by atoms with Gasteiger partial charge in [-0.15, -0.1) is 0 Å². The number of nitrogens with zero attached hydrogens (tertiary/aromatic N) is 2. The van der Waals surface area contributed by atoms with Crippen molar-refractivity contribution in [3.8, 4) is 17.2 Å². The van der Waals surface area contributed by atoms with Crippen molar-refractivity contribution in [1.82, 2.24) is 4.57 Å². The van der Waals surface area contributed by atoms with Crippen LogP contribution >= 0.6 is 45.5 Å². The van der Waals surface area contributed by atoms with Crippen LogP contribution in [0, 0.1) is 3.57 Å². The van der Waals surface area contributed by atoms with Crippen LogP contribution in [0.2, 0.25) is 5.02 Å². The van der Waals surface area contributed by atoms with E-state index in [4.69, 9.17) is 30.5 Å². The molecule has 0 N–H and O–H groups in total. The van der Waals surface area contributed by atoms with Crippen molar-refractivity contribution in [3.63, 3.8) is 0 Å². The van der Waals surface area contributed by atoms with Gasteiger partial charge in [-0.05, 0) is 79.3 Å². The van der Waals surface area contributed by atoms with Gasteiger partial charge >= 0.3 is 11.9 Å². The number of thiazole rings is 1. The lowest BCUT2D eigenvalue weighted by Crippen LogP contribution is -2.40. The van der Waals surface area contributed by atoms with Crippen molar-refractivity contribution >= 4 is 63.5 Å². The molecule has 222 valence electrons. The van der Waals surface area contributed by atoms with E-state index in [1.807, 2.05) is 0 Å². The zero-order valence-electron chi connectivity index (χ0n) is 23.5. The Balaban J connectivity index is 1.94. The van der Waals surface area contributed by atoms with Gasteiger partial charge in [0, 0.05) is 10.6 Å². The molecular weight excluding hydrogens is 699 g/mol. The van der Waals surface area contributed by atoms with Gasteiger partial charge in [-0.2, -0.15) is 0 Å². The maximum atomic E-state index is 14.0. The minimum absolute atomic E-state index is 0.143. The Hall–Kier alpha value is -3.36. The number of fused-ring (bicyclic) bond motifs is 1. The molecule has 0 saturated carbocycles. The Morgan fingerprint density at radius 1 is 1.12 bits per heavy atom. The van der Waals surface area contributed by atoms with Crippen LogP contribution in [-0.2, 0) is 19.1 Å². The van der Waals surface area contributed by atoms with Crippen molar-refractivity contribution in [1.29, 1.82) is 0 Å². The number of benzene rings is 2. The summed E-state index contributed by atoms with van der Waals surface area (Å²) in [6, 6.07) is 7.61. The monoisotopic (exact) mass is 726 g/mol. The lowest BCUT2D eigenvalue weighted by molar-refractivity contribution is -0.143. The summed E-state index contributed by atoms with van der Waals surface area (Å²) in [4.78, 5) is 44.0. The molecule has 0 aliphatic carbocycles. The standard InChI is InChI=1S/C29H28ClIN2O8S/c1-6-39-21-11-16(8-9-20(21)41-14-23(34)37-4)25-24(28(36)40-7-2)15(3)32-29-33(25)27(35)22(42-29)12-17-10-18(30)13-19(31)26(17)38-5/h8-13,25H,6-7,14H2,1-5H3/b22-12+/t25-/m0/s1. The topological polar surface area (TPSA) is 115 Å².